The van der Waals surface area contributed by atoms with Crippen LogP contribution in [0, 0.1) is 5.82 Å². The fourth-order valence-electron chi connectivity index (χ4n) is 3.14. The number of fused-ring (bicyclic) bond motifs is 1. The van der Waals surface area contributed by atoms with Crippen LogP contribution in [0.3, 0.4) is 0 Å². The molecule has 0 saturated heterocycles. The van der Waals surface area contributed by atoms with Crippen molar-refractivity contribution in [1.29, 1.82) is 0 Å². The minimum absolute atomic E-state index is 0.0682. The highest BCUT2D eigenvalue weighted by molar-refractivity contribution is 6.33. The van der Waals surface area contributed by atoms with Crippen LogP contribution in [0.5, 0.6) is 0 Å². The lowest BCUT2D eigenvalue weighted by Gasteiger charge is -2.12. The number of anilines is 1. The van der Waals surface area contributed by atoms with Crippen LogP contribution in [0.25, 0.3) is 16.7 Å². The number of benzene rings is 2. The van der Waals surface area contributed by atoms with Gasteiger partial charge in [0.2, 0.25) is 0 Å². The smallest absolute Gasteiger partial charge is 0.340 e. The van der Waals surface area contributed by atoms with Crippen LogP contribution in [0.1, 0.15) is 16.2 Å². The minimum atomic E-state index is -0.590. The Bertz CT molecular complexity index is 1330. The van der Waals surface area contributed by atoms with Crippen LogP contribution in [-0.4, -0.2) is 39.4 Å². The molecule has 0 radical (unpaired) electrons. The summed E-state index contributed by atoms with van der Waals surface area (Å²) < 4.78 is 19.1. The molecular weight excluding hydrogens is 425 g/mol. The number of halogens is 2. The molecule has 31 heavy (non-hydrogen) atoms. The Kier molecular flexibility index (Phi) is 5.68. The normalized spacial score (nSPS) is 10.9. The highest BCUT2D eigenvalue weighted by Crippen LogP contribution is 2.19. The molecule has 0 fully saturated rings. The fraction of sp³-hybridized carbons (Fsp3) is 0.143. The number of aromatic amines is 1. The van der Waals surface area contributed by atoms with Gasteiger partial charge in [-0.05, 0) is 30.3 Å². The third-order valence-electron chi connectivity index (χ3n) is 4.63. The van der Waals surface area contributed by atoms with Gasteiger partial charge in [-0.1, -0.05) is 23.7 Å². The number of carbonyl (C=O) groups is 1. The number of methoxy groups -OCH3 is 1. The molecule has 0 atom stereocenters. The average Bonchev–Trinajstić information content (AvgIpc) is 3.18. The lowest BCUT2D eigenvalue weighted by atomic mass is 10.2. The summed E-state index contributed by atoms with van der Waals surface area (Å²) in [5.74, 6) is -0.265. The van der Waals surface area contributed by atoms with Gasteiger partial charge in [0.15, 0.2) is 0 Å². The third-order valence-corrected chi connectivity index (χ3v) is 4.99. The second-order valence-corrected chi connectivity index (χ2v) is 7.00. The zero-order chi connectivity index (χ0) is 22.0. The molecule has 0 bridgehead atoms. The molecule has 0 amide bonds. The number of esters is 1. The molecule has 2 aromatic carbocycles. The Balaban J connectivity index is 1.53. The van der Waals surface area contributed by atoms with Crippen molar-refractivity contribution < 1.29 is 13.9 Å². The summed E-state index contributed by atoms with van der Waals surface area (Å²) in [6, 6.07) is 10.8. The second-order valence-electron chi connectivity index (χ2n) is 6.62. The van der Waals surface area contributed by atoms with Crippen molar-refractivity contribution in [3.63, 3.8) is 0 Å². The Morgan fingerprint density at radius 3 is 2.90 bits per heavy atom. The van der Waals surface area contributed by atoms with Gasteiger partial charge in [-0.3, -0.25) is 4.79 Å². The first-order chi connectivity index (χ1) is 15.0. The summed E-state index contributed by atoms with van der Waals surface area (Å²) in [4.78, 5) is 32.2. The summed E-state index contributed by atoms with van der Waals surface area (Å²) in [6.45, 7) is 0.409. The van der Waals surface area contributed by atoms with Crippen LogP contribution in [0.4, 0.5) is 10.1 Å². The lowest BCUT2D eigenvalue weighted by Crippen LogP contribution is -2.25. The summed E-state index contributed by atoms with van der Waals surface area (Å²) in [7, 11) is 1.26. The summed E-state index contributed by atoms with van der Waals surface area (Å²) in [5, 5.41) is 7.12. The third kappa shape index (κ3) is 4.13. The summed E-state index contributed by atoms with van der Waals surface area (Å²) in [6.07, 6.45) is 1.90. The van der Waals surface area contributed by atoms with Crippen molar-refractivity contribution in [3.8, 4) is 5.69 Å². The number of rotatable bonds is 6. The van der Waals surface area contributed by atoms with E-state index in [1.165, 1.54) is 31.5 Å². The van der Waals surface area contributed by atoms with Gasteiger partial charge in [0.25, 0.3) is 5.56 Å². The number of para-hydroxylation sites is 1. The second kappa shape index (κ2) is 8.57. The van der Waals surface area contributed by atoms with Crippen molar-refractivity contribution in [2.45, 2.75) is 6.42 Å². The zero-order valence-corrected chi connectivity index (χ0v) is 17.1. The quantitative estimate of drug-likeness (QED) is 0.445. The monoisotopic (exact) mass is 441 g/mol. The molecular formula is C21H17ClFN5O3. The number of H-pyrrole nitrogens is 1. The largest absolute Gasteiger partial charge is 0.465 e. The maximum atomic E-state index is 13.3. The van der Waals surface area contributed by atoms with Crippen molar-refractivity contribution in [2.24, 2.45) is 0 Å². The summed E-state index contributed by atoms with van der Waals surface area (Å²) in [5.41, 5.74) is 1.51. The van der Waals surface area contributed by atoms with Gasteiger partial charge in [0.05, 0.1) is 41.3 Å². The zero-order valence-electron chi connectivity index (χ0n) is 16.4. The van der Waals surface area contributed by atoms with E-state index in [1.54, 1.807) is 24.3 Å². The van der Waals surface area contributed by atoms with E-state index in [4.69, 9.17) is 16.3 Å². The molecule has 158 valence electrons. The van der Waals surface area contributed by atoms with E-state index < -0.39 is 11.5 Å². The first-order valence-electron chi connectivity index (χ1n) is 9.31. The number of carbonyl (C=O) groups excluding carboxylic acids is 1. The topological polar surface area (TPSA) is 102 Å². The predicted octanol–water partition coefficient (Wildman–Crippen LogP) is 3.34. The van der Waals surface area contributed by atoms with Crippen molar-refractivity contribution in [3.05, 3.63) is 81.2 Å². The molecule has 2 heterocycles. The number of nitrogens with zero attached hydrogens (tertiary/aromatic N) is 3. The van der Waals surface area contributed by atoms with Crippen molar-refractivity contribution in [2.75, 3.05) is 19.0 Å². The van der Waals surface area contributed by atoms with Crippen LogP contribution >= 0.6 is 11.6 Å². The van der Waals surface area contributed by atoms with E-state index in [9.17, 15) is 14.0 Å². The highest BCUT2D eigenvalue weighted by atomic mass is 35.5. The van der Waals surface area contributed by atoms with Gasteiger partial charge < -0.3 is 15.0 Å². The molecule has 4 aromatic rings. The predicted molar refractivity (Wildman–Crippen MR) is 114 cm³/mol. The molecule has 0 spiro atoms. The molecule has 0 saturated carbocycles. The van der Waals surface area contributed by atoms with E-state index >= 15 is 0 Å². The van der Waals surface area contributed by atoms with E-state index in [0.29, 0.717) is 35.5 Å². The van der Waals surface area contributed by atoms with Gasteiger partial charge in [-0.2, -0.15) is 9.78 Å². The molecule has 10 heteroatoms. The van der Waals surface area contributed by atoms with Crippen LogP contribution in [0.2, 0.25) is 5.02 Å². The van der Waals surface area contributed by atoms with Crippen LogP contribution in [0.15, 0.2) is 53.5 Å². The average molecular weight is 442 g/mol. The first-order valence-corrected chi connectivity index (χ1v) is 9.69. The van der Waals surface area contributed by atoms with E-state index in [2.05, 4.69) is 20.4 Å². The van der Waals surface area contributed by atoms with Crippen molar-refractivity contribution in [1.82, 2.24) is 19.7 Å². The molecule has 0 aliphatic carbocycles. The minimum Gasteiger partial charge on any atom is -0.465 e. The standard InChI is InChI=1S/C21H17ClFN5O3/c1-31-21(30)13-4-2-3-5-17(13)28-20(29)19(22)16(11-25-28)24-9-8-18-26-14-7-6-12(23)10-15(14)27-18/h2-7,10-11,24H,8-9H2,1H3,(H,26,27). The molecule has 0 aliphatic heterocycles. The highest BCUT2D eigenvalue weighted by Gasteiger charge is 2.17. The Morgan fingerprint density at radius 1 is 1.29 bits per heavy atom. The maximum absolute atomic E-state index is 13.3. The number of nitrogens with one attached hydrogen (secondary N) is 2. The lowest BCUT2D eigenvalue weighted by molar-refractivity contribution is 0.0600. The molecule has 0 aliphatic rings. The maximum Gasteiger partial charge on any atom is 0.340 e. The van der Waals surface area contributed by atoms with E-state index in [0.717, 1.165) is 4.68 Å². The Hall–Kier alpha value is -3.72. The Labute approximate surface area is 180 Å². The SMILES string of the molecule is COC(=O)c1ccccc1-n1ncc(NCCc2nc3ccc(F)cc3[nH]2)c(Cl)c1=O. The van der Waals surface area contributed by atoms with Gasteiger partial charge in [-0.25, -0.2) is 14.2 Å². The van der Waals surface area contributed by atoms with Gasteiger partial charge in [0.1, 0.15) is 16.7 Å². The van der Waals surface area contributed by atoms with Crippen LogP contribution in [-0.2, 0) is 11.2 Å². The molecule has 2 aromatic heterocycles. The molecule has 8 nitrogen and oxygen atoms in total. The summed E-state index contributed by atoms with van der Waals surface area (Å²) >= 11 is 6.26. The molecule has 2 N–H and O–H groups in total. The van der Waals surface area contributed by atoms with E-state index in [1.807, 2.05) is 0 Å². The van der Waals surface area contributed by atoms with Crippen molar-refractivity contribution >= 4 is 34.3 Å². The fourth-order valence-corrected chi connectivity index (χ4v) is 3.33. The number of ether oxygens (including phenoxy) is 1. The van der Waals surface area contributed by atoms with Gasteiger partial charge in [-0.15, -0.1) is 0 Å². The van der Waals surface area contributed by atoms with E-state index in [-0.39, 0.29) is 22.1 Å². The van der Waals surface area contributed by atoms with Crippen LogP contribution < -0.4 is 10.9 Å². The van der Waals surface area contributed by atoms with Gasteiger partial charge in [0, 0.05) is 13.0 Å². The Morgan fingerprint density at radius 2 is 2.10 bits per heavy atom. The molecule has 4 rings (SSSR count). The number of aromatic nitrogens is 4. The first kappa shape index (κ1) is 20.5. The number of hydrogen-bond donors (Lipinski definition) is 2. The molecule has 0 unspecified atom stereocenters. The van der Waals surface area contributed by atoms with Gasteiger partial charge >= 0.3 is 5.97 Å². The number of imidazole rings is 1. The number of hydrogen-bond acceptors (Lipinski definition) is 6.